The molecule has 0 bridgehead atoms. The highest BCUT2D eigenvalue weighted by Gasteiger charge is 2.44. The van der Waals surface area contributed by atoms with Crippen molar-refractivity contribution in [1.29, 1.82) is 0 Å². The van der Waals surface area contributed by atoms with Gasteiger partial charge in [-0.25, -0.2) is 0 Å². The Morgan fingerprint density at radius 1 is 1.55 bits per heavy atom. The first-order valence-electron chi connectivity index (χ1n) is 4.13. The molecule has 1 N–H and O–H groups in total. The average molecular weight is 156 g/mol. The molecule has 1 aliphatic carbocycles. The van der Waals surface area contributed by atoms with Crippen LogP contribution in [0.5, 0.6) is 0 Å². The molecular weight excluding hydrogens is 140 g/mol. The molecule has 0 spiro atoms. The molecule has 0 aromatic rings. The number of hydrogen-bond acceptors (Lipinski definition) is 1. The summed E-state index contributed by atoms with van der Waals surface area (Å²) in [5, 5.41) is 8.62. The first kappa shape index (κ1) is 8.57. The Bertz CT molecular complexity index is 167. The van der Waals surface area contributed by atoms with Crippen LogP contribution in [0.15, 0.2) is 0 Å². The smallest absolute Gasteiger partial charge is 0.306 e. The molecule has 1 fully saturated rings. The largest absolute Gasteiger partial charge is 0.481 e. The normalized spacial score (nSPS) is 30.1. The molecule has 1 aliphatic rings. The topological polar surface area (TPSA) is 37.3 Å². The Labute approximate surface area is 67.6 Å². The van der Waals surface area contributed by atoms with Gasteiger partial charge in [-0.3, -0.25) is 4.79 Å². The van der Waals surface area contributed by atoms with E-state index in [0.29, 0.717) is 5.92 Å². The van der Waals surface area contributed by atoms with Crippen LogP contribution >= 0.6 is 0 Å². The second-order valence-electron chi connectivity index (χ2n) is 4.71. The lowest BCUT2D eigenvalue weighted by Crippen LogP contribution is -2.08. The Morgan fingerprint density at radius 3 is 2.36 bits per heavy atom. The summed E-state index contributed by atoms with van der Waals surface area (Å²) >= 11 is 0. The van der Waals surface area contributed by atoms with Crippen molar-refractivity contribution in [2.45, 2.75) is 33.6 Å². The van der Waals surface area contributed by atoms with Crippen LogP contribution in [0.4, 0.5) is 0 Å². The molecule has 0 unspecified atom stereocenters. The highest BCUT2D eigenvalue weighted by molar-refractivity contribution is 5.73. The van der Waals surface area contributed by atoms with Crippen molar-refractivity contribution < 1.29 is 9.90 Å². The summed E-state index contributed by atoms with van der Waals surface area (Å²) in [7, 11) is 0. The van der Waals surface area contributed by atoms with Crippen molar-refractivity contribution in [3.8, 4) is 0 Å². The van der Waals surface area contributed by atoms with Crippen molar-refractivity contribution in [3.05, 3.63) is 0 Å². The number of carboxylic acid groups (broad SMARTS) is 1. The number of carbonyl (C=O) groups is 1. The summed E-state index contributed by atoms with van der Waals surface area (Å²) in [5.74, 6) is -0.194. The molecule has 0 radical (unpaired) electrons. The van der Waals surface area contributed by atoms with Gasteiger partial charge in [0.05, 0.1) is 5.92 Å². The fourth-order valence-corrected chi connectivity index (χ4v) is 1.56. The molecule has 1 saturated carbocycles. The Kier molecular flexibility index (Phi) is 1.95. The van der Waals surface area contributed by atoms with Crippen molar-refractivity contribution in [3.63, 3.8) is 0 Å². The number of rotatable bonds is 2. The van der Waals surface area contributed by atoms with Crippen molar-refractivity contribution in [2.75, 3.05) is 0 Å². The second-order valence-corrected chi connectivity index (χ2v) is 4.71. The third-order valence-corrected chi connectivity index (χ3v) is 2.11. The quantitative estimate of drug-likeness (QED) is 0.665. The molecule has 1 rings (SSSR count). The standard InChI is InChI=1S/C9H16O2/c1-9(2,3)5-6-4-7(6)8(10)11/h6-7H,4-5H2,1-3H3,(H,10,11)/t6-,7-/m1/s1. The molecule has 11 heavy (non-hydrogen) atoms. The van der Waals surface area contributed by atoms with Gasteiger partial charge in [0.15, 0.2) is 0 Å². The van der Waals surface area contributed by atoms with E-state index in [1.165, 1.54) is 0 Å². The van der Waals surface area contributed by atoms with E-state index in [1.807, 2.05) is 0 Å². The maximum atomic E-state index is 10.5. The van der Waals surface area contributed by atoms with Gasteiger partial charge in [0.2, 0.25) is 0 Å². The maximum Gasteiger partial charge on any atom is 0.306 e. The van der Waals surface area contributed by atoms with Crippen LogP contribution in [-0.2, 0) is 4.79 Å². The third-order valence-electron chi connectivity index (χ3n) is 2.11. The summed E-state index contributed by atoms with van der Waals surface area (Å²) < 4.78 is 0. The fraction of sp³-hybridized carbons (Fsp3) is 0.889. The van der Waals surface area contributed by atoms with Gasteiger partial charge in [0.25, 0.3) is 0 Å². The zero-order chi connectivity index (χ0) is 8.65. The van der Waals surface area contributed by atoms with Crippen molar-refractivity contribution in [1.82, 2.24) is 0 Å². The number of hydrogen-bond donors (Lipinski definition) is 1. The molecule has 0 aromatic carbocycles. The zero-order valence-electron chi connectivity index (χ0n) is 7.42. The van der Waals surface area contributed by atoms with Crippen LogP contribution < -0.4 is 0 Å². The van der Waals surface area contributed by atoms with Gasteiger partial charge in [0.1, 0.15) is 0 Å². The Morgan fingerprint density at radius 2 is 2.09 bits per heavy atom. The predicted octanol–water partition coefficient (Wildman–Crippen LogP) is 2.14. The van der Waals surface area contributed by atoms with Gasteiger partial charge in [-0.1, -0.05) is 20.8 Å². The zero-order valence-corrected chi connectivity index (χ0v) is 7.42. The lowest BCUT2D eigenvalue weighted by molar-refractivity contribution is -0.138. The lowest BCUT2D eigenvalue weighted by atomic mass is 9.89. The van der Waals surface area contributed by atoms with E-state index in [9.17, 15) is 4.79 Å². The molecule has 0 amide bonds. The van der Waals surface area contributed by atoms with Crippen LogP contribution in [-0.4, -0.2) is 11.1 Å². The van der Waals surface area contributed by atoms with E-state index in [-0.39, 0.29) is 11.3 Å². The SMILES string of the molecule is CC(C)(C)C[C@H]1C[C@H]1C(=O)O. The highest BCUT2D eigenvalue weighted by atomic mass is 16.4. The summed E-state index contributed by atoms with van der Waals surface area (Å²) in [6.45, 7) is 6.47. The third kappa shape index (κ3) is 2.52. The van der Waals surface area contributed by atoms with Crippen LogP contribution in [0.2, 0.25) is 0 Å². The minimum absolute atomic E-state index is 0.0331. The van der Waals surface area contributed by atoms with Gasteiger partial charge in [-0.05, 0) is 24.2 Å². The van der Waals surface area contributed by atoms with Crippen LogP contribution in [0.3, 0.4) is 0 Å². The van der Waals surface area contributed by atoms with E-state index in [1.54, 1.807) is 0 Å². The molecule has 2 atom stereocenters. The van der Waals surface area contributed by atoms with Crippen molar-refractivity contribution in [2.24, 2.45) is 17.3 Å². The summed E-state index contributed by atoms with van der Waals surface area (Å²) in [6, 6.07) is 0. The van der Waals surface area contributed by atoms with Crippen molar-refractivity contribution >= 4 is 5.97 Å². The highest BCUT2D eigenvalue weighted by Crippen LogP contribution is 2.46. The molecule has 64 valence electrons. The molecule has 0 aromatic heterocycles. The van der Waals surface area contributed by atoms with E-state index in [4.69, 9.17) is 5.11 Å². The molecule has 0 saturated heterocycles. The molecule has 2 heteroatoms. The van der Waals surface area contributed by atoms with E-state index in [0.717, 1.165) is 12.8 Å². The lowest BCUT2D eigenvalue weighted by Gasteiger charge is -2.17. The molecule has 0 aliphatic heterocycles. The van der Waals surface area contributed by atoms with Gasteiger partial charge in [0, 0.05) is 0 Å². The van der Waals surface area contributed by atoms with Crippen LogP contribution in [0.1, 0.15) is 33.6 Å². The maximum absolute atomic E-state index is 10.5. The molecular formula is C9H16O2. The van der Waals surface area contributed by atoms with E-state index >= 15 is 0 Å². The van der Waals surface area contributed by atoms with Crippen LogP contribution in [0, 0.1) is 17.3 Å². The second kappa shape index (κ2) is 2.50. The Balaban J connectivity index is 2.29. The van der Waals surface area contributed by atoms with Gasteiger partial charge in [-0.2, -0.15) is 0 Å². The van der Waals surface area contributed by atoms with E-state index < -0.39 is 5.97 Å². The first-order chi connectivity index (χ1) is 4.90. The minimum Gasteiger partial charge on any atom is -0.481 e. The molecule has 2 nitrogen and oxygen atoms in total. The van der Waals surface area contributed by atoms with Gasteiger partial charge in [-0.15, -0.1) is 0 Å². The number of carboxylic acids is 1. The summed E-state index contributed by atoms with van der Waals surface area (Å²) in [5.41, 5.74) is 0.287. The van der Waals surface area contributed by atoms with Gasteiger partial charge < -0.3 is 5.11 Å². The first-order valence-corrected chi connectivity index (χ1v) is 4.13. The number of aliphatic carboxylic acids is 1. The summed E-state index contributed by atoms with van der Waals surface area (Å²) in [4.78, 5) is 10.5. The Hall–Kier alpha value is -0.530. The van der Waals surface area contributed by atoms with Crippen LogP contribution in [0.25, 0.3) is 0 Å². The minimum atomic E-state index is -0.612. The molecule has 0 heterocycles. The fourth-order valence-electron chi connectivity index (χ4n) is 1.56. The average Bonchev–Trinajstić information content (AvgIpc) is 2.40. The van der Waals surface area contributed by atoms with Gasteiger partial charge >= 0.3 is 5.97 Å². The summed E-state index contributed by atoms with van der Waals surface area (Å²) in [6.07, 6.45) is 1.94. The monoisotopic (exact) mass is 156 g/mol. The predicted molar refractivity (Wildman–Crippen MR) is 43.3 cm³/mol. The van der Waals surface area contributed by atoms with E-state index in [2.05, 4.69) is 20.8 Å².